The van der Waals surface area contributed by atoms with Crippen LogP contribution in [0, 0.1) is 62.3 Å². The maximum absolute atomic E-state index is 6.18. The van der Waals surface area contributed by atoms with E-state index in [2.05, 4.69) is 354 Å². The lowest BCUT2D eigenvalue weighted by molar-refractivity contribution is 0.0504. The second-order valence-corrected chi connectivity index (χ2v) is 44.6. The summed E-state index contributed by atoms with van der Waals surface area (Å²) in [4.78, 5) is 0. The minimum absolute atomic E-state index is 0.00933. The van der Waals surface area contributed by atoms with Crippen molar-refractivity contribution in [3.8, 4) is 28.7 Å². The van der Waals surface area contributed by atoms with E-state index in [1.807, 2.05) is 41.3 Å². The Balaban J connectivity index is 0.000000226. The largest absolute Gasteiger partial charge is 0.467 e. The average molecular weight is 1890 g/mol. The zero-order chi connectivity index (χ0) is 97.0. The monoisotopic (exact) mass is 1890 g/mol. The fourth-order valence-electron chi connectivity index (χ4n) is 15.2. The number of hydrogen-bond acceptors (Lipinski definition) is 15. The van der Waals surface area contributed by atoms with Crippen molar-refractivity contribution in [3.63, 3.8) is 0 Å². The zero-order valence-corrected chi connectivity index (χ0v) is 90.3. The first-order valence-corrected chi connectivity index (χ1v) is 50.7. The summed E-state index contributed by atoms with van der Waals surface area (Å²) in [6.07, 6.45) is 0.843. The lowest BCUT2D eigenvalue weighted by atomic mass is 9.80. The highest BCUT2D eigenvalue weighted by Crippen LogP contribution is 2.40. The third kappa shape index (κ3) is 35.1. The lowest BCUT2D eigenvalue weighted by Gasteiger charge is -2.29. The Morgan fingerprint density at radius 3 is 0.856 bits per heavy atom. The number of hydrogen-bond donors (Lipinski definition) is 5. The molecule has 0 aromatic heterocycles. The number of aryl methyl sites for hydroxylation is 9. The van der Waals surface area contributed by atoms with Crippen molar-refractivity contribution in [2.24, 2.45) is 0 Å². The molecule has 0 aliphatic heterocycles. The van der Waals surface area contributed by atoms with Crippen molar-refractivity contribution < 1.29 is 47.4 Å². The van der Waals surface area contributed by atoms with Crippen LogP contribution in [0.2, 0.25) is 0 Å². The van der Waals surface area contributed by atoms with Gasteiger partial charge >= 0.3 is 0 Å². The van der Waals surface area contributed by atoms with Crippen molar-refractivity contribution in [1.82, 2.24) is 26.6 Å². The molecule has 0 radical (unpaired) electrons. The van der Waals surface area contributed by atoms with Gasteiger partial charge in [0.05, 0.1) is 0 Å². The topological polar surface area (TPSA) is 152 Å². The van der Waals surface area contributed by atoms with E-state index in [1.54, 1.807) is 35.5 Å². The third-order valence-electron chi connectivity index (χ3n) is 21.8. The van der Waals surface area contributed by atoms with Crippen LogP contribution >= 0.6 is 42.9 Å². The Morgan fingerprint density at radius 2 is 0.523 bits per heavy atom. The fourth-order valence-corrected chi connectivity index (χ4v) is 22.1. The van der Waals surface area contributed by atoms with Crippen LogP contribution in [0.3, 0.4) is 0 Å². The van der Waals surface area contributed by atoms with Crippen LogP contribution in [0.4, 0.5) is 0 Å². The fraction of sp³-hybridized carbons (Fsp3) is 0.411. The highest BCUT2D eigenvalue weighted by Gasteiger charge is 2.29. The molecule has 714 valence electrons. The molecule has 5 atom stereocenters. The summed E-state index contributed by atoms with van der Waals surface area (Å²) in [6, 6.07) is 68.6. The number of rotatable bonds is 37. The predicted octanol–water partition coefficient (Wildman–Crippen LogP) is 19.6. The van der Waals surface area contributed by atoms with Crippen LogP contribution in [-0.4, -0.2) is 105 Å². The highest BCUT2D eigenvalue weighted by atomic mass is 31.1. The Morgan fingerprint density at radius 1 is 0.235 bits per heavy atom. The van der Waals surface area contributed by atoms with Gasteiger partial charge in [-0.2, -0.15) is 0 Å². The molecule has 11 rings (SSSR count). The highest BCUT2D eigenvalue weighted by molar-refractivity contribution is 7.57. The van der Waals surface area contributed by atoms with Gasteiger partial charge in [0.2, 0.25) is 0 Å². The van der Waals surface area contributed by atoms with E-state index < -0.39 is 0 Å². The first-order valence-electron chi connectivity index (χ1n) is 45.7. The maximum atomic E-state index is 6.18. The third-order valence-corrected chi connectivity index (χ3v) is 28.8. The quantitative estimate of drug-likeness (QED) is 0.0185. The van der Waals surface area contributed by atoms with E-state index in [0.29, 0.717) is 42.9 Å². The molecule has 0 aliphatic rings. The molecular weight excluding hydrogens is 1730 g/mol. The standard InChI is InChI=1S/C25H38NO2P.C24H28NO2P.2C22H32NO2P.C19H26NO2P/c1-17-10-11-21(18(12-17)15-26-8)29-22-14-19(24(2,3)4)13-20(25(5,6)7)23(22)28-16-27-9;1-18-12-13-22(21(14-18)16-25-2)28-23-11-7-10-20(24(23)27-17-26-3)15-19-8-5-4-6-9-19;1-15-8-9-19(17(10-15)13-23-6)26-20-12-18(22(3,4)5)11-16(2)21(20)25-14-24-7;1-15-8-9-19(17(10-15)13-23-6)26-20-12-16(2)11-18(22(3,4)5)21(20)25-14-24-7;1-13-6-7-17(16(9-13)11-20-4)23-18-10-14(2)8-15(3)19(18)22-12-21-5/h10-14,26,29H,15-16H2,1-9H3;4-14,25,28H,15-17H2,1-3H3;2*8-12,23,26H,13-14H2,1-7H3;6-10,20,23H,11-12H2,1-5H3. The molecule has 132 heavy (non-hydrogen) atoms. The van der Waals surface area contributed by atoms with E-state index >= 15 is 0 Å². The molecule has 0 fully saturated rings. The SMILES string of the molecule is CNCc1cc(C)ccc1Pc1cc(C(C)(C)C)cc(C(C)(C)C)c1OCOC.CNCc1cc(C)ccc1Pc1cc(C(C)(C)C)cc(C)c1OCOC.CNCc1cc(C)ccc1Pc1cc(C)cc(C(C)(C)C)c1OCOC.CNCc1cc(C)ccc1Pc1cc(C)cc(C)c1OCOC.CNCc1cc(C)ccc1Pc1cccc(Cc2ccccc2)c1OCOC. The van der Waals surface area contributed by atoms with Gasteiger partial charge in [-0.3, -0.25) is 0 Å². The van der Waals surface area contributed by atoms with Gasteiger partial charge in [0, 0.05) is 112 Å². The molecule has 11 aromatic carbocycles. The zero-order valence-electron chi connectivity index (χ0n) is 85.3. The van der Waals surface area contributed by atoms with Gasteiger partial charge in [-0.05, 0) is 242 Å². The molecule has 5 N–H and O–H groups in total. The summed E-state index contributed by atoms with van der Waals surface area (Å²) < 4.78 is 56.0. The van der Waals surface area contributed by atoms with Gasteiger partial charge < -0.3 is 74.0 Å². The van der Waals surface area contributed by atoms with Gasteiger partial charge in [0.15, 0.2) is 34.0 Å². The first-order chi connectivity index (χ1) is 62.7. The van der Waals surface area contributed by atoms with Gasteiger partial charge in [-0.1, -0.05) is 318 Å². The van der Waals surface area contributed by atoms with Crippen molar-refractivity contribution in [2.45, 2.75) is 206 Å². The predicted molar refractivity (Wildman–Crippen MR) is 575 cm³/mol. The Kier molecular flexibility index (Phi) is 46.1. The molecule has 20 heteroatoms. The van der Waals surface area contributed by atoms with Crippen LogP contribution in [-0.2, 0) is 84.5 Å². The average Bonchev–Trinajstić information content (AvgIpc) is 0.771. The summed E-state index contributed by atoms with van der Waals surface area (Å²) in [5.41, 5.74) is 25.8. The minimum Gasteiger partial charge on any atom is -0.467 e. The van der Waals surface area contributed by atoms with Gasteiger partial charge in [-0.15, -0.1) is 0 Å². The lowest BCUT2D eigenvalue weighted by Crippen LogP contribution is -2.24. The summed E-state index contributed by atoms with van der Waals surface area (Å²) in [6.45, 7) is 51.9. The summed E-state index contributed by atoms with van der Waals surface area (Å²) in [5, 5.41) is 29.4. The molecule has 5 unspecified atom stereocenters. The Hall–Kier alpha value is -7.83. The minimum atomic E-state index is -0.0232. The van der Waals surface area contributed by atoms with Crippen molar-refractivity contribution in [3.05, 3.63) is 299 Å². The molecule has 15 nitrogen and oxygen atoms in total. The number of methoxy groups -OCH3 is 5. The van der Waals surface area contributed by atoms with Crippen molar-refractivity contribution >= 4 is 95.9 Å². The maximum Gasteiger partial charge on any atom is 0.188 e. The molecule has 0 spiro atoms. The van der Waals surface area contributed by atoms with E-state index in [-0.39, 0.29) is 55.6 Å². The van der Waals surface area contributed by atoms with Crippen molar-refractivity contribution in [2.75, 3.05) is 105 Å². The number of para-hydroxylation sites is 1. The second kappa shape index (κ2) is 54.8. The number of ether oxygens (including phenoxy) is 10. The van der Waals surface area contributed by atoms with Crippen LogP contribution < -0.4 is 103 Å². The molecule has 0 amide bonds. The second-order valence-electron chi connectivity index (χ2n) is 38.0. The molecule has 0 saturated heterocycles. The normalized spacial score (nSPS) is 11.9. The van der Waals surface area contributed by atoms with Crippen LogP contribution in [0.1, 0.15) is 194 Å². The molecule has 0 heterocycles. The molecule has 0 aliphatic carbocycles. The van der Waals surface area contributed by atoms with E-state index in [9.17, 15) is 0 Å². The molecule has 0 saturated carbocycles. The van der Waals surface area contributed by atoms with Crippen LogP contribution in [0.5, 0.6) is 28.7 Å². The Labute approximate surface area is 803 Å². The van der Waals surface area contributed by atoms with Crippen LogP contribution in [0.15, 0.2) is 188 Å². The smallest absolute Gasteiger partial charge is 0.188 e. The summed E-state index contributed by atoms with van der Waals surface area (Å²) in [7, 11) is 21.0. The molecule has 11 aromatic rings. The number of benzene rings is 11. The van der Waals surface area contributed by atoms with Crippen LogP contribution in [0.25, 0.3) is 0 Å². The van der Waals surface area contributed by atoms with Gasteiger partial charge in [-0.25, -0.2) is 0 Å². The Bertz CT molecular complexity index is 5390. The van der Waals surface area contributed by atoms with Crippen molar-refractivity contribution in [1.29, 1.82) is 0 Å². The first kappa shape index (κ1) is 111. The van der Waals surface area contributed by atoms with Gasteiger partial charge in [0.25, 0.3) is 0 Å². The summed E-state index contributed by atoms with van der Waals surface area (Å²) in [5.74, 6) is 4.80. The molecular formula is C112H156N5O10P5. The summed E-state index contributed by atoms with van der Waals surface area (Å²) >= 11 is 0. The van der Waals surface area contributed by atoms with Gasteiger partial charge in [0.1, 0.15) is 28.7 Å². The van der Waals surface area contributed by atoms with E-state index in [0.717, 1.165) is 73.5 Å². The van der Waals surface area contributed by atoms with E-state index in [4.69, 9.17) is 47.4 Å². The number of nitrogens with one attached hydrogen (secondary N) is 5. The molecule has 0 bridgehead atoms. The van der Waals surface area contributed by atoms with E-state index in [1.165, 1.54) is 159 Å².